The standard InChI is InChI=1S/C8H14O/c1-5-6-7(2)8(3)9-4/h6H,3,5H2,1-2,4H3. The normalized spacial score (nSPS) is 11.2. The first-order valence-corrected chi connectivity index (χ1v) is 3.12. The van der Waals surface area contributed by atoms with E-state index in [1.54, 1.807) is 7.11 Å². The topological polar surface area (TPSA) is 9.23 Å². The number of hydrogen-bond donors (Lipinski definition) is 0. The lowest BCUT2D eigenvalue weighted by Crippen LogP contribution is -1.84. The summed E-state index contributed by atoms with van der Waals surface area (Å²) in [6.45, 7) is 7.79. The third-order valence-electron chi connectivity index (χ3n) is 1.20. The van der Waals surface area contributed by atoms with E-state index < -0.39 is 0 Å². The first-order chi connectivity index (χ1) is 4.22. The van der Waals surface area contributed by atoms with Gasteiger partial charge in [0.1, 0.15) is 5.76 Å². The molecule has 0 saturated carbocycles. The summed E-state index contributed by atoms with van der Waals surface area (Å²) in [5, 5.41) is 0. The second kappa shape index (κ2) is 4.19. The van der Waals surface area contributed by atoms with Gasteiger partial charge in [0, 0.05) is 0 Å². The van der Waals surface area contributed by atoms with E-state index >= 15 is 0 Å². The molecule has 52 valence electrons. The van der Waals surface area contributed by atoms with Gasteiger partial charge in [-0.15, -0.1) is 0 Å². The Balaban J connectivity index is 3.86. The predicted octanol–water partition coefficient (Wildman–Crippen LogP) is 2.50. The Morgan fingerprint density at radius 1 is 1.67 bits per heavy atom. The van der Waals surface area contributed by atoms with Crippen LogP contribution in [0.3, 0.4) is 0 Å². The molecule has 0 bridgehead atoms. The smallest absolute Gasteiger partial charge is 0.114 e. The number of ether oxygens (including phenoxy) is 1. The van der Waals surface area contributed by atoms with Crippen molar-refractivity contribution in [2.75, 3.05) is 7.11 Å². The zero-order valence-corrected chi connectivity index (χ0v) is 6.40. The molecule has 0 aromatic heterocycles. The molecule has 0 aromatic carbocycles. The van der Waals surface area contributed by atoms with E-state index in [-0.39, 0.29) is 0 Å². The van der Waals surface area contributed by atoms with Gasteiger partial charge >= 0.3 is 0 Å². The van der Waals surface area contributed by atoms with E-state index in [4.69, 9.17) is 4.74 Å². The van der Waals surface area contributed by atoms with E-state index in [9.17, 15) is 0 Å². The zero-order valence-electron chi connectivity index (χ0n) is 6.40. The fourth-order valence-corrected chi connectivity index (χ4v) is 0.581. The third kappa shape index (κ3) is 2.96. The van der Waals surface area contributed by atoms with Gasteiger partial charge < -0.3 is 4.74 Å². The fraction of sp³-hybridized carbons (Fsp3) is 0.500. The molecule has 0 atom stereocenters. The average molecular weight is 126 g/mol. The summed E-state index contributed by atoms with van der Waals surface area (Å²) in [7, 11) is 1.63. The maximum absolute atomic E-state index is 4.90. The molecule has 0 radical (unpaired) electrons. The maximum atomic E-state index is 4.90. The van der Waals surface area contributed by atoms with Crippen LogP contribution in [-0.2, 0) is 4.74 Å². The Morgan fingerprint density at radius 3 is 2.56 bits per heavy atom. The zero-order chi connectivity index (χ0) is 7.28. The van der Waals surface area contributed by atoms with Crippen molar-refractivity contribution in [1.29, 1.82) is 0 Å². The second-order valence-electron chi connectivity index (χ2n) is 1.92. The summed E-state index contributed by atoms with van der Waals surface area (Å²) in [6, 6.07) is 0. The van der Waals surface area contributed by atoms with Crippen molar-refractivity contribution in [1.82, 2.24) is 0 Å². The Bertz CT molecular complexity index is 123. The van der Waals surface area contributed by atoms with E-state index in [1.165, 1.54) is 0 Å². The lowest BCUT2D eigenvalue weighted by Gasteiger charge is -2.01. The van der Waals surface area contributed by atoms with Gasteiger partial charge in [0.25, 0.3) is 0 Å². The minimum Gasteiger partial charge on any atom is -0.497 e. The second-order valence-corrected chi connectivity index (χ2v) is 1.92. The van der Waals surface area contributed by atoms with Gasteiger partial charge in [-0.25, -0.2) is 0 Å². The summed E-state index contributed by atoms with van der Waals surface area (Å²) < 4.78 is 4.90. The Kier molecular flexibility index (Phi) is 3.85. The third-order valence-corrected chi connectivity index (χ3v) is 1.20. The molecule has 1 heteroatoms. The van der Waals surface area contributed by atoms with Crippen molar-refractivity contribution in [3.05, 3.63) is 24.0 Å². The Morgan fingerprint density at radius 2 is 2.22 bits per heavy atom. The number of rotatable bonds is 3. The highest BCUT2D eigenvalue weighted by atomic mass is 16.5. The molecule has 0 aliphatic carbocycles. The van der Waals surface area contributed by atoms with Crippen LogP contribution >= 0.6 is 0 Å². The molecule has 0 unspecified atom stereocenters. The summed E-state index contributed by atoms with van der Waals surface area (Å²) in [4.78, 5) is 0. The van der Waals surface area contributed by atoms with Crippen LogP contribution in [-0.4, -0.2) is 7.11 Å². The van der Waals surface area contributed by atoms with Crippen LogP contribution in [0, 0.1) is 0 Å². The molecule has 0 saturated heterocycles. The van der Waals surface area contributed by atoms with Crippen LogP contribution < -0.4 is 0 Å². The lowest BCUT2D eigenvalue weighted by molar-refractivity contribution is 0.302. The molecule has 0 aliphatic rings. The van der Waals surface area contributed by atoms with Crippen LogP contribution in [0.1, 0.15) is 20.3 Å². The van der Waals surface area contributed by atoms with Gasteiger partial charge in [0.2, 0.25) is 0 Å². The summed E-state index contributed by atoms with van der Waals surface area (Å²) in [6.07, 6.45) is 3.13. The van der Waals surface area contributed by atoms with E-state index in [1.807, 2.05) is 6.92 Å². The highest BCUT2D eigenvalue weighted by molar-refractivity contribution is 5.19. The molecular formula is C8H14O. The van der Waals surface area contributed by atoms with Crippen molar-refractivity contribution in [2.24, 2.45) is 0 Å². The molecule has 0 aromatic rings. The summed E-state index contributed by atoms with van der Waals surface area (Å²) in [5.74, 6) is 0.761. The molecule has 1 nitrogen and oxygen atoms in total. The average Bonchev–Trinajstić information content (AvgIpc) is 1.87. The summed E-state index contributed by atoms with van der Waals surface area (Å²) >= 11 is 0. The molecular weight excluding hydrogens is 112 g/mol. The minimum atomic E-state index is 0.761. The monoisotopic (exact) mass is 126 g/mol. The number of hydrogen-bond acceptors (Lipinski definition) is 1. The Hall–Kier alpha value is -0.720. The molecule has 0 heterocycles. The molecule has 0 aliphatic heterocycles. The first-order valence-electron chi connectivity index (χ1n) is 3.12. The van der Waals surface area contributed by atoms with Crippen molar-refractivity contribution in [3.63, 3.8) is 0 Å². The molecule has 0 rings (SSSR count). The van der Waals surface area contributed by atoms with E-state index in [2.05, 4.69) is 19.6 Å². The van der Waals surface area contributed by atoms with E-state index in [0.29, 0.717) is 0 Å². The SMILES string of the molecule is C=C(OC)C(C)=CCC. The van der Waals surface area contributed by atoms with Crippen LogP contribution in [0.4, 0.5) is 0 Å². The van der Waals surface area contributed by atoms with Gasteiger partial charge in [-0.1, -0.05) is 19.6 Å². The van der Waals surface area contributed by atoms with Gasteiger partial charge in [-0.2, -0.15) is 0 Å². The number of allylic oxidation sites excluding steroid dienone is 2. The van der Waals surface area contributed by atoms with E-state index in [0.717, 1.165) is 17.8 Å². The lowest BCUT2D eigenvalue weighted by atomic mass is 10.2. The van der Waals surface area contributed by atoms with Gasteiger partial charge in [0.05, 0.1) is 7.11 Å². The van der Waals surface area contributed by atoms with Crippen LogP contribution in [0.2, 0.25) is 0 Å². The predicted molar refractivity (Wildman–Crippen MR) is 40.2 cm³/mol. The van der Waals surface area contributed by atoms with Crippen molar-refractivity contribution < 1.29 is 4.74 Å². The van der Waals surface area contributed by atoms with Crippen LogP contribution in [0.5, 0.6) is 0 Å². The molecule has 0 amide bonds. The fourth-order valence-electron chi connectivity index (χ4n) is 0.581. The maximum Gasteiger partial charge on any atom is 0.114 e. The first kappa shape index (κ1) is 8.28. The largest absolute Gasteiger partial charge is 0.497 e. The van der Waals surface area contributed by atoms with Crippen LogP contribution in [0.25, 0.3) is 0 Å². The highest BCUT2D eigenvalue weighted by Gasteiger charge is 1.91. The minimum absolute atomic E-state index is 0.761. The molecule has 0 N–H and O–H groups in total. The van der Waals surface area contributed by atoms with Gasteiger partial charge in [0.15, 0.2) is 0 Å². The summed E-state index contributed by atoms with van der Waals surface area (Å²) in [5.41, 5.74) is 1.12. The Labute approximate surface area is 57.0 Å². The van der Waals surface area contributed by atoms with Crippen LogP contribution in [0.15, 0.2) is 24.0 Å². The van der Waals surface area contributed by atoms with Crippen molar-refractivity contribution in [3.8, 4) is 0 Å². The quantitative estimate of drug-likeness (QED) is 0.417. The van der Waals surface area contributed by atoms with Gasteiger partial charge in [-0.3, -0.25) is 0 Å². The van der Waals surface area contributed by atoms with Crippen molar-refractivity contribution in [2.45, 2.75) is 20.3 Å². The molecule has 0 spiro atoms. The molecule has 0 fully saturated rings. The number of methoxy groups -OCH3 is 1. The van der Waals surface area contributed by atoms with Gasteiger partial charge in [-0.05, 0) is 18.9 Å². The highest BCUT2D eigenvalue weighted by Crippen LogP contribution is 2.06. The van der Waals surface area contributed by atoms with Crippen molar-refractivity contribution >= 4 is 0 Å². The molecule has 9 heavy (non-hydrogen) atoms.